The summed E-state index contributed by atoms with van der Waals surface area (Å²) in [5.41, 5.74) is 11.3. The number of aromatic nitrogens is 2. The number of esters is 1. The van der Waals surface area contributed by atoms with Gasteiger partial charge >= 0.3 is 11.4 Å². The number of benzene rings is 4. The first-order chi connectivity index (χ1) is 30.4. The summed E-state index contributed by atoms with van der Waals surface area (Å²) < 4.78 is 50.5. The molecule has 2 heterocycles. The standard InChI is InChI=1S/C24H22Cl2FNO3.C20H18ClFN2O.C3H4Cl2O2/c1-30-21-9-6-18(24(27)23(21)17-3-2-4-19(26)14-17)13-16-5-7-20(28-15-16)8-10-22(29)31-12-11-25;1-25-18-8-6-15(9-13-5-7-17(11-23)24-12-13)20(22)19(18)14-3-2-4-16(21)10-14;4-1-2-7-3(5)6/h2-7,9,14-15H,8,10-13H2,1H3;2-8,10,12H,9,11,23H2,1H3;1-2H2. The Hall–Kier alpha value is -5.01. The Morgan fingerprint density at radius 1 is 0.651 bits per heavy atom. The van der Waals surface area contributed by atoms with Gasteiger partial charge in [0.2, 0.25) is 0 Å². The van der Waals surface area contributed by atoms with Crippen LogP contribution in [0.1, 0.15) is 40.1 Å². The maximum absolute atomic E-state index is 15.4. The second-order valence-corrected chi connectivity index (χ2v) is 15.2. The normalized spacial score (nSPS) is 10.4. The average molecular weight is 962 g/mol. The van der Waals surface area contributed by atoms with Gasteiger partial charge in [0.1, 0.15) is 36.3 Å². The van der Waals surface area contributed by atoms with Gasteiger partial charge in [0, 0.05) is 65.5 Å². The first kappa shape index (κ1) is 50.6. The van der Waals surface area contributed by atoms with E-state index < -0.39 is 5.43 Å². The first-order valence-corrected chi connectivity index (χ1v) is 21.5. The van der Waals surface area contributed by atoms with Crippen molar-refractivity contribution in [2.45, 2.75) is 32.2 Å². The van der Waals surface area contributed by atoms with Gasteiger partial charge in [0.15, 0.2) is 0 Å². The zero-order valence-corrected chi connectivity index (χ0v) is 38.1. The first-order valence-electron chi connectivity index (χ1n) is 19.3. The molecule has 16 heteroatoms. The van der Waals surface area contributed by atoms with Gasteiger partial charge in [-0.1, -0.05) is 71.7 Å². The van der Waals surface area contributed by atoms with Crippen LogP contribution in [-0.4, -0.2) is 60.6 Å². The average Bonchev–Trinajstić information content (AvgIpc) is 3.29. The summed E-state index contributed by atoms with van der Waals surface area (Å²) in [7, 11) is 3.04. The molecule has 4 aromatic carbocycles. The van der Waals surface area contributed by atoms with E-state index in [-0.39, 0.29) is 43.1 Å². The van der Waals surface area contributed by atoms with Crippen molar-refractivity contribution in [3.8, 4) is 33.8 Å². The summed E-state index contributed by atoms with van der Waals surface area (Å²) in [6, 6.07) is 28.6. The van der Waals surface area contributed by atoms with Crippen molar-refractivity contribution in [3.05, 3.63) is 165 Å². The summed E-state index contributed by atoms with van der Waals surface area (Å²) in [6.07, 6.45) is 4.93. The molecular formula is C47H44Cl5F2N3O6. The van der Waals surface area contributed by atoms with Crippen LogP contribution < -0.4 is 15.2 Å². The minimum atomic E-state index is -0.805. The number of rotatable bonds is 16. The van der Waals surface area contributed by atoms with Crippen molar-refractivity contribution < 1.29 is 37.3 Å². The lowest BCUT2D eigenvalue weighted by Gasteiger charge is -2.14. The fourth-order valence-electron chi connectivity index (χ4n) is 6.04. The second-order valence-electron chi connectivity index (χ2n) is 13.3. The summed E-state index contributed by atoms with van der Waals surface area (Å²) in [4.78, 5) is 29.9. The second kappa shape index (κ2) is 26.6. The van der Waals surface area contributed by atoms with Gasteiger partial charge in [-0.2, -0.15) is 0 Å². The Kier molecular flexibility index (Phi) is 21.4. The van der Waals surface area contributed by atoms with Gasteiger partial charge in [-0.3, -0.25) is 14.8 Å². The molecule has 0 unspecified atom stereocenters. The number of carbonyl (C=O) groups is 2. The van der Waals surface area contributed by atoms with Gasteiger partial charge in [-0.25, -0.2) is 13.6 Å². The molecule has 63 heavy (non-hydrogen) atoms. The summed E-state index contributed by atoms with van der Waals surface area (Å²) in [5, 5.41) is 1.07. The molecule has 0 aliphatic rings. The third kappa shape index (κ3) is 15.9. The lowest BCUT2D eigenvalue weighted by Crippen LogP contribution is -2.08. The van der Waals surface area contributed by atoms with E-state index >= 15 is 8.78 Å². The number of hydrogen-bond acceptors (Lipinski definition) is 9. The zero-order chi connectivity index (χ0) is 45.7. The molecule has 6 rings (SSSR count). The van der Waals surface area contributed by atoms with Crippen LogP contribution >= 0.6 is 58.0 Å². The minimum absolute atomic E-state index is 0.184. The summed E-state index contributed by atoms with van der Waals surface area (Å²) in [5.74, 6) is 0.508. The van der Waals surface area contributed by atoms with Crippen LogP contribution in [0.4, 0.5) is 13.6 Å². The topological polar surface area (TPSA) is 123 Å². The number of pyridine rings is 2. The Balaban J connectivity index is 0.000000244. The Bertz CT molecular complexity index is 2410. The highest BCUT2D eigenvalue weighted by molar-refractivity contribution is 6.61. The van der Waals surface area contributed by atoms with E-state index in [0.717, 1.165) is 22.5 Å². The van der Waals surface area contributed by atoms with E-state index in [1.165, 1.54) is 14.2 Å². The quantitative estimate of drug-likeness (QED) is 0.0574. The van der Waals surface area contributed by atoms with Gasteiger partial charge in [-0.15, -0.1) is 23.2 Å². The molecule has 0 fully saturated rings. The van der Waals surface area contributed by atoms with Crippen LogP contribution in [-0.2, 0) is 40.1 Å². The fourth-order valence-corrected chi connectivity index (χ4v) is 6.66. The monoisotopic (exact) mass is 959 g/mol. The van der Waals surface area contributed by atoms with Crippen LogP contribution in [0, 0.1) is 11.6 Å². The van der Waals surface area contributed by atoms with Crippen molar-refractivity contribution in [1.82, 2.24) is 9.97 Å². The van der Waals surface area contributed by atoms with E-state index in [1.54, 1.807) is 79.1 Å². The van der Waals surface area contributed by atoms with E-state index in [9.17, 15) is 9.59 Å². The predicted molar refractivity (Wildman–Crippen MR) is 247 cm³/mol. The van der Waals surface area contributed by atoms with Crippen LogP contribution in [0.25, 0.3) is 22.3 Å². The Morgan fingerprint density at radius 3 is 1.51 bits per heavy atom. The number of ether oxygens (including phenoxy) is 4. The lowest BCUT2D eigenvalue weighted by atomic mass is 9.97. The number of alkyl halides is 2. The molecule has 0 saturated carbocycles. The van der Waals surface area contributed by atoms with Gasteiger partial charge < -0.3 is 24.7 Å². The molecule has 2 N–H and O–H groups in total. The van der Waals surface area contributed by atoms with E-state index in [2.05, 4.69) is 14.7 Å². The highest BCUT2D eigenvalue weighted by Crippen LogP contribution is 2.37. The van der Waals surface area contributed by atoms with Gasteiger partial charge in [0.05, 0.1) is 49.2 Å². The summed E-state index contributed by atoms with van der Waals surface area (Å²) in [6.45, 7) is 0.775. The molecule has 6 aromatic rings. The van der Waals surface area contributed by atoms with E-state index in [1.807, 2.05) is 30.3 Å². The van der Waals surface area contributed by atoms with E-state index in [0.29, 0.717) is 86.6 Å². The fraction of sp³-hybridized carbons (Fsp3) is 0.234. The molecule has 0 amide bonds. The number of halogens is 7. The maximum Gasteiger partial charge on any atom is 0.403 e. The molecule has 0 radical (unpaired) electrons. The van der Waals surface area contributed by atoms with Crippen molar-refractivity contribution >= 4 is 69.4 Å². The molecular weight excluding hydrogens is 918 g/mol. The maximum atomic E-state index is 15.4. The number of hydrogen-bond donors (Lipinski definition) is 1. The molecule has 0 aliphatic carbocycles. The number of aryl methyl sites for hydroxylation is 1. The van der Waals surface area contributed by atoms with E-state index in [4.69, 9.17) is 77.9 Å². The minimum Gasteiger partial charge on any atom is -0.496 e. The molecule has 332 valence electrons. The van der Waals surface area contributed by atoms with Gasteiger partial charge in [-0.05, 0) is 81.9 Å². The van der Waals surface area contributed by atoms with Gasteiger partial charge in [0.25, 0.3) is 0 Å². The van der Waals surface area contributed by atoms with Crippen LogP contribution in [0.2, 0.25) is 10.0 Å². The third-order valence-electron chi connectivity index (χ3n) is 9.02. The molecule has 0 bridgehead atoms. The SMILES string of the molecule is COc1ccc(Cc2ccc(CCC(=O)OCCCl)nc2)c(F)c1-c1cccc(Cl)c1.COc1ccc(Cc2ccc(CN)nc2)c(F)c1-c1cccc(Cl)c1.O=C(Cl)OCCCl. The zero-order valence-electron chi connectivity index (χ0n) is 34.3. The Labute approximate surface area is 390 Å². The largest absolute Gasteiger partial charge is 0.496 e. The predicted octanol–water partition coefficient (Wildman–Crippen LogP) is 12.1. The number of nitrogens with zero attached hydrogens (tertiary/aromatic N) is 2. The number of nitrogens with two attached hydrogens (primary N) is 1. The lowest BCUT2D eigenvalue weighted by molar-refractivity contribution is -0.142. The van der Waals surface area contributed by atoms with Crippen molar-refractivity contribution in [1.29, 1.82) is 0 Å². The third-order valence-corrected chi connectivity index (χ3v) is 9.91. The highest BCUT2D eigenvalue weighted by atomic mass is 35.5. The summed E-state index contributed by atoms with van der Waals surface area (Å²) >= 11 is 27.5. The molecule has 0 atom stereocenters. The number of methoxy groups -OCH3 is 2. The molecule has 9 nitrogen and oxygen atoms in total. The van der Waals surface area contributed by atoms with Crippen molar-refractivity contribution in [3.63, 3.8) is 0 Å². The van der Waals surface area contributed by atoms with Crippen molar-refractivity contribution in [2.24, 2.45) is 5.73 Å². The molecule has 0 aliphatic heterocycles. The smallest absolute Gasteiger partial charge is 0.403 e. The van der Waals surface area contributed by atoms with Crippen molar-refractivity contribution in [2.75, 3.05) is 39.2 Å². The molecule has 0 spiro atoms. The number of carbonyl (C=O) groups excluding carboxylic acids is 2. The van der Waals surface area contributed by atoms with Crippen LogP contribution in [0.15, 0.2) is 109 Å². The Morgan fingerprint density at radius 2 is 1.13 bits per heavy atom. The van der Waals surface area contributed by atoms with Crippen LogP contribution in [0.3, 0.4) is 0 Å². The highest BCUT2D eigenvalue weighted by Gasteiger charge is 2.18. The molecule has 2 aromatic heterocycles. The molecule has 0 saturated heterocycles. The van der Waals surface area contributed by atoms with Crippen LogP contribution in [0.5, 0.6) is 11.5 Å².